The van der Waals surface area contributed by atoms with Crippen LogP contribution in [-0.4, -0.2) is 56.6 Å². The second-order valence-electron chi connectivity index (χ2n) is 3.79. The van der Waals surface area contributed by atoms with Gasteiger partial charge in [0, 0.05) is 13.7 Å². The van der Waals surface area contributed by atoms with Gasteiger partial charge in [0.25, 0.3) is 0 Å². The Hall–Kier alpha value is -1.34. The minimum absolute atomic E-state index is 0.0139. The number of hydrogen-bond acceptors (Lipinski definition) is 4. The molecule has 0 heterocycles. The molecule has 2 amide bonds. The summed E-state index contributed by atoms with van der Waals surface area (Å²) in [7, 11) is 1.59. The Labute approximate surface area is 107 Å². The van der Waals surface area contributed by atoms with E-state index in [0.717, 1.165) is 12.8 Å². The average Bonchev–Trinajstić information content (AvgIpc) is 2.28. The van der Waals surface area contributed by atoms with Crippen LogP contribution in [0.1, 0.15) is 19.8 Å². The van der Waals surface area contributed by atoms with Crippen LogP contribution in [0, 0.1) is 0 Å². The summed E-state index contributed by atoms with van der Waals surface area (Å²) in [6.45, 7) is 2.58. The second-order valence-corrected chi connectivity index (χ2v) is 3.79. The SMILES string of the molecule is CCCC(COC)NC(=O)NCCOCC(=O)O. The molecule has 0 fully saturated rings. The molecule has 1 atom stereocenters. The monoisotopic (exact) mass is 262 g/mol. The van der Waals surface area contributed by atoms with E-state index in [9.17, 15) is 9.59 Å². The van der Waals surface area contributed by atoms with Crippen LogP contribution >= 0.6 is 0 Å². The Bertz CT molecular complexity index is 242. The van der Waals surface area contributed by atoms with Gasteiger partial charge in [-0.05, 0) is 6.42 Å². The van der Waals surface area contributed by atoms with Crippen molar-refractivity contribution in [3.63, 3.8) is 0 Å². The van der Waals surface area contributed by atoms with Crippen molar-refractivity contribution in [2.45, 2.75) is 25.8 Å². The lowest BCUT2D eigenvalue weighted by Crippen LogP contribution is -2.45. The number of carboxylic acids is 1. The van der Waals surface area contributed by atoms with Crippen molar-refractivity contribution in [3.05, 3.63) is 0 Å². The number of urea groups is 1. The Morgan fingerprint density at radius 1 is 1.39 bits per heavy atom. The van der Waals surface area contributed by atoms with Crippen LogP contribution in [0.2, 0.25) is 0 Å². The number of methoxy groups -OCH3 is 1. The van der Waals surface area contributed by atoms with Gasteiger partial charge < -0.3 is 25.2 Å². The van der Waals surface area contributed by atoms with Crippen LogP contribution in [0.4, 0.5) is 4.79 Å². The molecule has 0 rings (SSSR count). The molecule has 18 heavy (non-hydrogen) atoms. The van der Waals surface area contributed by atoms with Gasteiger partial charge in [0.2, 0.25) is 0 Å². The van der Waals surface area contributed by atoms with Gasteiger partial charge in [-0.1, -0.05) is 13.3 Å². The number of carboxylic acid groups (broad SMARTS) is 1. The lowest BCUT2D eigenvalue weighted by molar-refractivity contribution is -0.142. The highest BCUT2D eigenvalue weighted by Crippen LogP contribution is 1.96. The summed E-state index contributed by atoms with van der Waals surface area (Å²) in [5.41, 5.74) is 0. The summed E-state index contributed by atoms with van der Waals surface area (Å²) in [5, 5.41) is 13.7. The van der Waals surface area contributed by atoms with Gasteiger partial charge in [-0.2, -0.15) is 0 Å². The second kappa shape index (κ2) is 10.8. The van der Waals surface area contributed by atoms with Crippen LogP contribution < -0.4 is 10.6 Å². The number of carbonyl (C=O) groups excluding carboxylic acids is 1. The van der Waals surface area contributed by atoms with E-state index in [4.69, 9.17) is 14.6 Å². The molecule has 106 valence electrons. The summed E-state index contributed by atoms with van der Waals surface area (Å²) in [6, 6.07) is -0.315. The summed E-state index contributed by atoms with van der Waals surface area (Å²) >= 11 is 0. The van der Waals surface area contributed by atoms with Crippen LogP contribution in [0.3, 0.4) is 0 Å². The maximum absolute atomic E-state index is 11.5. The molecular formula is C11H22N2O5. The molecule has 0 saturated heterocycles. The van der Waals surface area contributed by atoms with E-state index in [-0.39, 0.29) is 31.8 Å². The van der Waals surface area contributed by atoms with E-state index in [1.54, 1.807) is 7.11 Å². The number of hydrogen-bond donors (Lipinski definition) is 3. The van der Waals surface area contributed by atoms with Gasteiger partial charge in [0.05, 0.1) is 19.3 Å². The van der Waals surface area contributed by atoms with Gasteiger partial charge in [0.15, 0.2) is 0 Å². The van der Waals surface area contributed by atoms with Crippen LogP contribution in [0.5, 0.6) is 0 Å². The van der Waals surface area contributed by atoms with E-state index >= 15 is 0 Å². The van der Waals surface area contributed by atoms with Gasteiger partial charge in [-0.3, -0.25) is 0 Å². The lowest BCUT2D eigenvalue weighted by Gasteiger charge is -2.17. The molecule has 0 aromatic rings. The predicted octanol–water partition coefficient (Wildman–Crippen LogP) is 0.202. The zero-order valence-corrected chi connectivity index (χ0v) is 10.9. The quantitative estimate of drug-likeness (QED) is 0.489. The Morgan fingerprint density at radius 2 is 2.11 bits per heavy atom. The summed E-state index contributed by atoms with van der Waals surface area (Å²) in [6.07, 6.45) is 1.80. The molecule has 0 aliphatic heterocycles. The zero-order chi connectivity index (χ0) is 13.8. The summed E-state index contributed by atoms with van der Waals surface area (Å²) in [4.78, 5) is 21.6. The van der Waals surface area contributed by atoms with Crippen molar-refractivity contribution >= 4 is 12.0 Å². The van der Waals surface area contributed by atoms with Crippen molar-refractivity contribution in [2.75, 3.05) is 33.5 Å². The molecule has 0 aliphatic carbocycles. The fraction of sp³-hybridized carbons (Fsp3) is 0.818. The molecule has 0 radical (unpaired) electrons. The first kappa shape index (κ1) is 16.7. The molecule has 7 nitrogen and oxygen atoms in total. The summed E-state index contributed by atoms with van der Waals surface area (Å²) in [5.74, 6) is -1.03. The number of rotatable bonds is 10. The standard InChI is InChI=1S/C11H22N2O5/c1-3-4-9(7-17-2)13-11(16)12-5-6-18-8-10(14)15/h9H,3-8H2,1-2H3,(H,14,15)(H2,12,13,16). The van der Waals surface area contributed by atoms with Gasteiger partial charge in [0.1, 0.15) is 6.61 Å². The molecule has 0 aliphatic rings. The maximum Gasteiger partial charge on any atom is 0.329 e. The molecule has 0 spiro atoms. The first-order valence-electron chi connectivity index (χ1n) is 5.93. The molecule has 1 unspecified atom stereocenters. The minimum Gasteiger partial charge on any atom is -0.480 e. The van der Waals surface area contributed by atoms with E-state index < -0.39 is 5.97 Å². The van der Waals surface area contributed by atoms with E-state index in [0.29, 0.717) is 6.61 Å². The number of nitrogens with one attached hydrogen (secondary N) is 2. The molecule has 0 saturated carbocycles. The Kier molecular flexibility index (Phi) is 9.99. The third kappa shape index (κ3) is 9.86. The van der Waals surface area contributed by atoms with Crippen LogP contribution in [0.15, 0.2) is 0 Å². The molecule has 0 aromatic heterocycles. The molecule has 0 bridgehead atoms. The number of ether oxygens (including phenoxy) is 2. The van der Waals surface area contributed by atoms with E-state index in [1.807, 2.05) is 6.92 Å². The smallest absolute Gasteiger partial charge is 0.329 e. The Balaban J connectivity index is 3.64. The van der Waals surface area contributed by atoms with Crippen molar-refractivity contribution in [1.82, 2.24) is 10.6 Å². The van der Waals surface area contributed by atoms with Gasteiger partial charge >= 0.3 is 12.0 Å². The van der Waals surface area contributed by atoms with Crippen molar-refractivity contribution in [1.29, 1.82) is 0 Å². The Morgan fingerprint density at radius 3 is 2.67 bits per heavy atom. The first-order valence-corrected chi connectivity index (χ1v) is 5.93. The van der Waals surface area contributed by atoms with Crippen molar-refractivity contribution < 1.29 is 24.2 Å². The lowest BCUT2D eigenvalue weighted by atomic mass is 10.2. The summed E-state index contributed by atoms with van der Waals surface area (Å²) < 4.78 is 9.77. The van der Waals surface area contributed by atoms with Crippen LogP contribution in [-0.2, 0) is 14.3 Å². The third-order valence-electron chi connectivity index (χ3n) is 2.10. The van der Waals surface area contributed by atoms with E-state index in [2.05, 4.69) is 10.6 Å². The van der Waals surface area contributed by atoms with Gasteiger partial charge in [-0.15, -0.1) is 0 Å². The normalized spacial score (nSPS) is 11.9. The topological polar surface area (TPSA) is 96.9 Å². The van der Waals surface area contributed by atoms with Crippen molar-refractivity contribution in [2.24, 2.45) is 0 Å². The molecule has 7 heteroatoms. The highest BCUT2D eigenvalue weighted by Gasteiger charge is 2.10. The van der Waals surface area contributed by atoms with Gasteiger partial charge in [-0.25, -0.2) is 9.59 Å². The number of carbonyl (C=O) groups is 2. The van der Waals surface area contributed by atoms with Crippen molar-refractivity contribution in [3.8, 4) is 0 Å². The predicted molar refractivity (Wildman–Crippen MR) is 65.6 cm³/mol. The largest absolute Gasteiger partial charge is 0.480 e. The molecular weight excluding hydrogens is 240 g/mol. The first-order chi connectivity index (χ1) is 8.60. The maximum atomic E-state index is 11.5. The third-order valence-corrected chi connectivity index (χ3v) is 2.10. The number of amides is 2. The highest BCUT2D eigenvalue weighted by molar-refractivity contribution is 5.74. The highest BCUT2D eigenvalue weighted by atomic mass is 16.5. The fourth-order valence-electron chi connectivity index (χ4n) is 1.38. The van der Waals surface area contributed by atoms with E-state index in [1.165, 1.54) is 0 Å². The number of aliphatic carboxylic acids is 1. The average molecular weight is 262 g/mol. The minimum atomic E-state index is -1.03. The zero-order valence-electron chi connectivity index (χ0n) is 10.9. The molecule has 0 aromatic carbocycles. The molecule has 3 N–H and O–H groups in total. The fourth-order valence-corrected chi connectivity index (χ4v) is 1.38. The van der Waals surface area contributed by atoms with Crippen LogP contribution in [0.25, 0.3) is 0 Å².